The van der Waals surface area contributed by atoms with Gasteiger partial charge in [-0.15, -0.1) is 0 Å². The van der Waals surface area contributed by atoms with Crippen molar-refractivity contribution in [1.82, 2.24) is 15.2 Å². The van der Waals surface area contributed by atoms with Crippen LogP contribution in [0, 0.1) is 5.41 Å². The largest absolute Gasteiger partial charge is 0.369 e. The van der Waals surface area contributed by atoms with Crippen LogP contribution in [0.2, 0.25) is 0 Å². The number of nitrogens with zero attached hydrogens (tertiary/aromatic N) is 2. The topological polar surface area (TPSA) is 74.3 Å². The molecule has 20 heavy (non-hydrogen) atoms. The van der Waals surface area contributed by atoms with E-state index >= 15 is 0 Å². The van der Waals surface area contributed by atoms with Crippen molar-refractivity contribution in [2.24, 2.45) is 5.41 Å². The van der Waals surface area contributed by atoms with Gasteiger partial charge in [0.25, 0.3) is 5.91 Å². The number of hydrogen-bond acceptors (Lipinski definition) is 4. The fourth-order valence-electron chi connectivity index (χ4n) is 1.61. The van der Waals surface area contributed by atoms with E-state index in [0.717, 1.165) is 0 Å². The lowest BCUT2D eigenvalue weighted by Gasteiger charge is -2.23. The molecule has 0 aliphatic heterocycles. The molecule has 110 valence electrons. The van der Waals surface area contributed by atoms with E-state index in [-0.39, 0.29) is 11.8 Å². The van der Waals surface area contributed by atoms with Crippen molar-refractivity contribution in [2.45, 2.75) is 13.8 Å². The SMILES string of the molecule is CNC(=O)C(C)(C)CNc1ccc(C(=O)N(C)C)cn1. The molecule has 6 heteroatoms. The van der Waals surface area contributed by atoms with Crippen LogP contribution in [0.15, 0.2) is 18.3 Å². The summed E-state index contributed by atoms with van der Waals surface area (Å²) in [6.07, 6.45) is 1.53. The molecule has 1 heterocycles. The Hall–Kier alpha value is -2.11. The van der Waals surface area contributed by atoms with Crippen LogP contribution < -0.4 is 10.6 Å². The van der Waals surface area contributed by atoms with Crippen molar-refractivity contribution in [3.8, 4) is 0 Å². The number of aromatic nitrogens is 1. The number of amides is 2. The zero-order valence-corrected chi connectivity index (χ0v) is 12.7. The smallest absolute Gasteiger partial charge is 0.254 e. The molecule has 2 amide bonds. The van der Waals surface area contributed by atoms with Crippen molar-refractivity contribution >= 4 is 17.6 Å². The summed E-state index contributed by atoms with van der Waals surface area (Å²) in [5.41, 5.74) is 0.000259. The Labute approximate surface area is 119 Å². The second-order valence-electron chi connectivity index (χ2n) is 5.45. The number of carbonyl (C=O) groups is 2. The van der Waals surface area contributed by atoms with E-state index < -0.39 is 5.41 Å². The Morgan fingerprint density at radius 1 is 1.30 bits per heavy atom. The van der Waals surface area contributed by atoms with Crippen LogP contribution in [0.4, 0.5) is 5.82 Å². The van der Waals surface area contributed by atoms with Crippen LogP contribution in [0.1, 0.15) is 24.2 Å². The third-order valence-electron chi connectivity index (χ3n) is 2.97. The molecule has 0 spiro atoms. The van der Waals surface area contributed by atoms with E-state index in [1.54, 1.807) is 33.3 Å². The average Bonchev–Trinajstić information content (AvgIpc) is 2.43. The zero-order valence-electron chi connectivity index (χ0n) is 12.7. The number of anilines is 1. The summed E-state index contributed by atoms with van der Waals surface area (Å²) < 4.78 is 0. The predicted molar refractivity (Wildman–Crippen MR) is 78.6 cm³/mol. The quantitative estimate of drug-likeness (QED) is 0.841. The maximum atomic E-state index is 11.7. The molecule has 1 aromatic rings. The van der Waals surface area contributed by atoms with Gasteiger partial charge in [0.05, 0.1) is 11.0 Å². The monoisotopic (exact) mass is 278 g/mol. The Morgan fingerprint density at radius 3 is 2.40 bits per heavy atom. The third-order valence-corrected chi connectivity index (χ3v) is 2.97. The molecule has 1 rings (SSSR count). The second-order valence-corrected chi connectivity index (χ2v) is 5.45. The zero-order chi connectivity index (χ0) is 15.3. The number of nitrogens with one attached hydrogen (secondary N) is 2. The Bertz CT molecular complexity index is 480. The lowest BCUT2D eigenvalue weighted by molar-refractivity contribution is -0.128. The van der Waals surface area contributed by atoms with Crippen LogP contribution in [0.25, 0.3) is 0 Å². The van der Waals surface area contributed by atoms with Crippen LogP contribution in [-0.4, -0.2) is 49.4 Å². The molecule has 0 aromatic carbocycles. The molecule has 0 fully saturated rings. The first-order chi connectivity index (χ1) is 9.27. The first-order valence-corrected chi connectivity index (χ1v) is 6.41. The normalized spacial score (nSPS) is 10.8. The van der Waals surface area contributed by atoms with Crippen molar-refractivity contribution in [1.29, 1.82) is 0 Å². The molecule has 0 radical (unpaired) electrons. The molecule has 0 saturated carbocycles. The second kappa shape index (κ2) is 6.36. The molecule has 0 saturated heterocycles. The first kappa shape index (κ1) is 15.9. The minimum Gasteiger partial charge on any atom is -0.369 e. The average molecular weight is 278 g/mol. The van der Waals surface area contributed by atoms with Gasteiger partial charge in [0, 0.05) is 33.9 Å². The Morgan fingerprint density at radius 2 is 1.95 bits per heavy atom. The van der Waals surface area contributed by atoms with Gasteiger partial charge >= 0.3 is 0 Å². The summed E-state index contributed by atoms with van der Waals surface area (Å²) in [6, 6.07) is 3.45. The Balaban J connectivity index is 2.67. The number of pyridine rings is 1. The van der Waals surface area contributed by atoms with E-state index in [1.165, 1.54) is 11.1 Å². The highest BCUT2D eigenvalue weighted by Gasteiger charge is 2.26. The van der Waals surface area contributed by atoms with Gasteiger partial charge in [-0.25, -0.2) is 4.98 Å². The molecular weight excluding hydrogens is 256 g/mol. The van der Waals surface area contributed by atoms with Crippen molar-refractivity contribution < 1.29 is 9.59 Å². The number of carbonyl (C=O) groups excluding carboxylic acids is 2. The molecule has 0 unspecified atom stereocenters. The van der Waals surface area contributed by atoms with E-state index in [1.807, 2.05) is 13.8 Å². The van der Waals surface area contributed by atoms with Gasteiger partial charge in [-0.1, -0.05) is 0 Å². The van der Waals surface area contributed by atoms with Crippen molar-refractivity contribution in [3.05, 3.63) is 23.9 Å². The molecule has 0 aliphatic rings. The van der Waals surface area contributed by atoms with Gasteiger partial charge in [0.1, 0.15) is 5.82 Å². The van der Waals surface area contributed by atoms with Gasteiger partial charge in [-0.2, -0.15) is 0 Å². The van der Waals surface area contributed by atoms with E-state index in [4.69, 9.17) is 0 Å². The van der Waals surface area contributed by atoms with Gasteiger partial charge < -0.3 is 15.5 Å². The number of hydrogen-bond donors (Lipinski definition) is 2. The summed E-state index contributed by atoms with van der Waals surface area (Å²) in [4.78, 5) is 29.0. The van der Waals surface area contributed by atoms with Gasteiger partial charge in [-0.05, 0) is 26.0 Å². The van der Waals surface area contributed by atoms with Crippen molar-refractivity contribution in [2.75, 3.05) is 33.0 Å². The van der Waals surface area contributed by atoms with E-state index in [2.05, 4.69) is 15.6 Å². The lowest BCUT2D eigenvalue weighted by atomic mass is 9.92. The van der Waals surface area contributed by atoms with Crippen LogP contribution >= 0.6 is 0 Å². The van der Waals surface area contributed by atoms with E-state index in [9.17, 15) is 9.59 Å². The van der Waals surface area contributed by atoms with Crippen LogP contribution in [0.3, 0.4) is 0 Å². The van der Waals surface area contributed by atoms with Gasteiger partial charge in [0.15, 0.2) is 0 Å². The number of rotatable bonds is 5. The summed E-state index contributed by atoms with van der Waals surface area (Å²) in [5, 5.41) is 5.73. The minimum atomic E-state index is -0.533. The fourth-order valence-corrected chi connectivity index (χ4v) is 1.61. The van der Waals surface area contributed by atoms with Gasteiger partial charge in [-0.3, -0.25) is 9.59 Å². The summed E-state index contributed by atoms with van der Waals surface area (Å²) >= 11 is 0. The molecule has 0 atom stereocenters. The molecule has 0 aliphatic carbocycles. The molecule has 0 bridgehead atoms. The summed E-state index contributed by atoms with van der Waals surface area (Å²) in [6.45, 7) is 4.16. The molecule has 6 nitrogen and oxygen atoms in total. The fraction of sp³-hybridized carbons (Fsp3) is 0.500. The summed E-state index contributed by atoms with van der Waals surface area (Å²) in [7, 11) is 5.00. The first-order valence-electron chi connectivity index (χ1n) is 6.41. The Kier molecular flexibility index (Phi) is 5.07. The molecule has 1 aromatic heterocycles. The highest BCUT2D eigenvalue weighted by Crippen LogP contribution is 2.16. The predicted octanol–water partition coefficient (Wildman–Crippen LogP) is 0.967. The van der Waals surface area contributed by atoms with Crippen LogP contribution in [-0.2, 0) is 4.79 Å². The molecule has 2 N–H and O–H groups in total. The maximum absolute atomic E-state index is 11.7. The van der Waals surface area contributed by atoms with Gasteiger partial charge in [0.2, 0.25) is 5.91 Å². The lowest BCUT2D eigenvalue weighted by Crippen LogP contribution is -2.39. The minimum absolute atomic E-state index is 0.0376. The van der Waals surface area contributed by atoms with Crippen LogP contribution in [0.5, 0.6) is 0 Å². The van der Waals surface area contributed by atoms with E-state index in [0.29, 0.717) is 17.9 Å². The highest BCUT2D eigenvalue weighted by molar-refractivity contribution is 5.93. The summed E-state index contributed by atoms with van der Waals surface area (Å²) in [5.74, 6) is 0.511. The standard InChI is InChI=1S/C14H22N4O2/c1-14(2,13(20)15-3)9-17-11-7-6-10(8-16-11)12(19)18(4)5/h6-8H,9H2,1-5H3,(H,15,20)(H,16,17). The highest BCUT2D eigenvalue weighted by atomic mass is 16.2. The maximum Gasteiger partial charge on any atom is 0.254 e. The molecular formula is C14H22N4O2. The van der Waals surface area contributed by atoms with Crippen molar-refractivity contribution in [3.63, 3.8) is 0 Å². The third kappa shape index (κ3) is 3.94.